The number of imide groups is 1. The van der Waals surface area contributed by atoms with Crippen LogP contribution in [0.4, 0.5) is 5.69 Å². The monoisotopic (exact) mass is 476 g/mol. The molecule has 1 aliphatic heterocycles. The van der Waals surface area contributed by atoms with Gasteiger partial charge in [0.1, 0.15) is 12.4 Å². The number of methoxy groups -OCH3 is 1. The van der Waals surface area contributed by atoms with Crippen LogP contribution < -0.4 is 9.64 Å². The van der Waals surface area contributed by atoms with Gasteiger partial charge in [0.25, 0.3) is 5.91 Å². The number of allylic oxidation sites excluding steroid dienone is 2. The predicted octanol–water partition coefficient (Wildman–Crippen LogP) is 4.31. The van der Waals surface area contributed by atoms with Crippen LogP contribution >= 0.6 is 11.6 Å². The maximum absolute atomic E-state index is 13.8. The van der Waals surface area contributed by atoms with Gasteiger partial charge in [0.15, 0.2) is 0 Å². The Labute approximate surface area is 203 Å². The van der Waals surface area contributed by atoms with Crippen molar-refractivity contribution < 1.29 is 19.1 Å². The van der Waals surface area contributed by atoms with E-state index in [2.05, 4.69) is 12.2 Å². The molecular formula is C27H25ClN2O4. The van der Waals surface area contributed by atoms with E-state index >= 15 is 0 Å². The first-order chi connectivity index (χ1) is 16.4. The standard InChI is InChI=1S/C27H25ClN2O4/c1-14-20(28)7-5-8-21(14)29(25(31)17-6-3-4-9-22(17)34-2)13-30-26(32)23-15-10-11-16(19-12-18(15)19)24(23)27(30)33/h3-11,15-16,18-19,23-24H,12-13H2,1-2H3. The van der Waals surface area contributed by atoms with Gasteiger partial charge in [-0.2, -0.15) is 0 Å². The van der Waals surface area contributed by atoms with Crippen LogP contribution in [0.5, 0.6) is 5.75 Å². The van der Waals surface area contributed by atoms with E-state index in [-0.39, 0.29) is 48.1 Å². The maximum atomic E-state index is 13.8. The van der Waals surface area contributed by atoms with Gasteiger partial charge in [-0.25, -0.2) is 0 Å². The van der Waals surface area contributed by atoms with Gasteiger partial charge in [-0.3, -0.25) is 24.2 Å². The fourth-order valence-electron chi connectivity index (χ4n) is 6.40. The second-order valence-electron chi connectivity index (χ2n) is 9.72. The minimum Gasteiger partial charge on any atom is -0.496 e. The van der Waals surface area contributed by atoms with Crippen molar-refractivity contribution in [1.82, 2.24) is 4.90 Å². The molecule has 6 unspecified atom stereocenters. The number of halogens is 1. The van der Waals surface area contributed by atoms with Crippen LogP contribution in [-0.4, -0.2) is 36.4 Å². The highest BCUT2D eigenvalue weighted by Gasteiger charge is 2.67. The molecule has 174 valence electrons. The molecule has 2 aromatic rings. The van der Waals surface area contributed by atoms with Crippen molar-refractivity contribution in [2.45, 2.75) is 13.3 Å². The molecule has 6 atom stereocenters. The van der Waals surface area contributed by atoms with Crippen molar-refractivity contribution in [3.8, 4) is 5.75 Å². The first-order valence-corrected chi connectivity index (χ1v) is 12.0. The number of ether oxygens (including phenoxy) is 1. The molecule has 1 heterocycles. The number of nitrogens with zero attached hydrogens (tertiary/aromatic N) is 2. The first kappa shape index (κ1) is 21.4. The second-order valence-corrected chi connectivity index (χ2v) is 10.1. The topological polar surface area (TPSA) is 66.9 Å². The lowest BCUT2D eigenvalue weighted by molar-refractivity contribution is -0.140. The lowest BCUT2D eigenvalue weighted by Crippen LogP contribution is -2.45. The van der Waals surface area contributed by atoms with Gasteiger partial charge in [-0.1, -0.05) is 42.0 Å². The van der Waals surface area contributed by atoms with Gasteiger partial charge < -0.3 is 4.74 Å². The van der Waals surface area contributed by atoms with E-state index in [9.17, 15) is 14.4 Å². The molecule has 5 aliphatic rings. The van der Waals surface area contributed by atoms with Gasteiger partial charge >= 0.3 is 0 Å². The summed E-state index contributed by atoms with van der Waals surface area (Å²) >= 11 is 6.39. The molecule has 3 fully saturated rings. The highest BCUT2D eigenvalue weighted by atomic mass is 35.5. The molecule has 6 nitrogen and oxygen atoms in total. The van der Waals surface area contributed by atoms with Crippen molar-refractivity contribution in [3.63, 3.8) is 0 Å². The van der Waals surface area contributed by atoms with E-state index in [0.29, 0.717) is 39.4 Å². The molecule has 3 amide bonds. The van der Waals surface area contributed by atoms with Crippen molar-refractivity contribution in [2.24, 2.45) is 35.5 Å². The third-order valence-electron chi connectivity index (χ3n) is 8.15. The molecule has 1 saturated heterocycles. The minimum absolute atomic E-state index is 0.132. The van der Waals surface area contributed by atoms with E-state index in [0.717, 1.165) is 6.42 Å². The van der Waals surface area contributed by atoms with Crippen molar-refractivity contribution in [2.75, 3.05) is 18.7 Å². The average molecular weight is 477 g/mol. The Kier molecular flexibility index (Phi) is 4.85. The number of benzene rings is 2. The third-order valence-corrected chi connectivity index (χ3v) is 8.56. The summed E-state index contributed by atoms with van der Waals surface area (Å²) < 4.78 is 5.42. The first-order valence-electron chi connectivity index (χ1n) is 11.7. The van der Waals surface area contributed by atoms with E-state index in [4.69, 9.17) is 16.3 Å². The molecule has 0 radical (unpaired) electrons. The largest absolute Gasteiger partial charge is 0.496 e. The number of para-hydroxylation sites is 1. The van der Waals surface area contributed by atoms with Crippen LogP contribution in [0, 0.1) is 42.4 Å². The number of anilines is 1. The van der Waals surface area contributed by atoms with Crippen LogP contribution in [0.1, 0.15) is 22.3 Å². The number of likely N-dealkylation sites (tertiary alicyclic amines) is 1. The molecule has 7 heteroatoms. The molecular weight excluding hydrogens is 452 g/mol. The minimum atomic E-state index is -0.359. The zero-order chi connectivity index (χ0) is 23.7. The van der Waals surface area contributed by atoms with Crippen LogP contribution in [0.15, 0.2) is 54.6 Å². The van der Waals surface area contributed by atoms with Crippen molar-refractivity contribution >= 4 is 35.0 Å². The number of rotatable bonds is 5. The molecule has 0 aromatic heterocycles. The zero-order valence-corrected chi connectivity index (χ0v) is 19.7. The van der Waals surface area contributed by atoms with E-state index in [1.807, 2.05) is 6.92 Å². The number of hydrogen-bond acceptors (Lipinski definition) is 4. The maximum Gasteiger partial charge on any atom is 0.263 e. The molecule has 4 aliphatic carbocycles. The van der Waals surface area contributed by atoms with Gasteiger partial charge in [-0.05, 0) is 66.8 Å². The number of amides is 3. The zero-order valence-electron chi connectivity index (χ0n) is 19.0. The molecule has 7 rings (SSSR count). The summed E-state index contributed by atoms with van der Waals surface area (Å²) in [6, 6.07) is 12.2. The average Bonchev–Trinajstić information content (AvgIpc) is 3.64. The predicted molar refractivity (Wildman–Crippen MR) is 127 cm³/mol. The van der Waals surface area contributed by atoms with Gasteiger partial charge in [0.2, 0.25) is 11.8 Å². The molecule has 0 spiro atoms. The van der Waals surface area contributed by atoms with Gasteiger partial charge in [-0.15, -0.1) is 0 Å². The lowest BCUT2D eigenvalue weighted by atomic mass is 9.63. The van der Waals surface area contributed by atoms with E-state index < -0.39 is 0 Å². The number of hydrogen-bond donors (Lipinski definition) is 0. The summed E-state index contributed by atoms with van der Waals surface area (Å²) in [5, 5.41) is 0.505. The molecule has 2 bridgehead atoms. The number of carbonyl (C=O) groups excluding carboxylic acids is 3. The summed E-state index contributed by atoms with van der Waals surface area (Å²) in [4.78, 5) is 43.8. The highest BCUT2D eigenvalue weighted by Crippen LogP contribution is 2.65. The lowest BCUT2D eigenvalue weighted by Gasteiger charge is -2.37. The Bertz CT molecular complexity index is 1220. The van der Waals surface area contributed by atoms with Crippen molar-refractivity contribution in [3.05, 3.63) is 70.8 Å². The highest BCUT2D eigenvalue weighted by molar-refractivity contribution is 6.32. The summed E-state index contributed by atoms with van der Waals surface area (Å²) in [5.41, 5.74) is 1.61. The SMILES string of the molecule is COc1ccccc1C(=O)N(CN1C(=O)C2C3C=CC(C4CC34)C2C1=O)c1cccc(Cl)c1C. The van der Waals surface area contributed by atoms with E-state index in [1.165, 1.54) is 16.9 Å². The fourth-order valence-corrected chi connectivity index (χ4v) is 6.57. The van der Waals surface area contributed by atoms with Crippen LogP contribution in [-0.2, 0) is 9.59 Å². The van der Waals surface area contributed by atoms with Crippen LogP contribution in [0.25, 0.3) is 0 Å². The summed E-state index contributed by atoms with van der Waals surface area (Å²) in [7, 11) is 1.51. The second kappa shape index (κ2) is 7.70. The van der Waals surface area contributed by atoms with Gasteiger partial charge in [0, 0.05) is 5.02 Å². The Morgan fingerprint density at radius 3 is 2.32 bits per heavy atom. The number of carbonyl (C=O) groups is 3. The van der Waals surface area contributed by atoms with Crippen LogP contribution in [0.2, 0.25) is 5.02 Å². The third kappa shape index (κ3) is 2.97. The van der Waals surface area contributed by atoms with Crippen LogP contribution in [0.3, 0.4) is 0 Å². The van der Waals surface area contributed by atoms with Crippen molar-refractivity contribution in [1.29, 1.82) is 0 Å². The van der Waals surface area contributed by atoms with E-state index in [1.54, 1.807) is 42.5 Å². The summed E-state index contributed by atoms with van der Waals surface area (Å²) in [6.07, 6.45) is 5.40. The molecule has 0 N–H and O–H groups in total. The molecule has 34 heavy (non-hydrogen) atoms. The quantitative estimate of drug-likeness (QED) is 0.476. The van der Waals surface area contributed by atoms with Gasteiger partial charge in [0.05, 0.1) is 30.2 Å². The Morgan fingerprint density at radius 1 is 1.03 bits per heavy atom. The Balaban J connectivity index is 1.39. The Morgan fingerprint density at radius 2 is 1.68 bits per heavy atom. The molecule has 2 saturated carbocycles. The normalized spacial score (nSPS) is 30.3. The molecule has 2 aromatic carbocycles. The smallest absolute Gasteiger partial charge is 0.263 e. The fraction of sp³-hybridized carbons (Fsp3) is 0.370. The summed E-state index contributed by atoms with van der Waals surface area (Å²) in [6.45, 7) is 1.67. The Hall–Kier alpha value is -3.12. The summed E-state index contributed by atoms with van der Waals surface area (Å²) in [5.74, 6) is 0.415.